The van der Waals surface area contributed by atoms with Gasteiger partial charge in [0.15, 0.2) is 0 Å². The van der Waals surface area contributed by atoms with Crippen molar-refractivity contribution in [2.45, 2.75) is 25.4 Å². The smallest absolute Gasteiger partial charge is 0.338 e. The van der Waals surface area contributed by atoms with Gasteiger partial charge in [-0.25, -0.2) is 4.98 Å². The average molecular weight is 233 g/mol. The molecule has 0 amide bonds. The molecule has 1 atom stereocenters. The zero-order valence-electron chi connectivity index (χ0n) is 8.77. The lowest BCUT2D eigenvalue weighted by Gasteiger charge is -2.21. The molecule has 16 heavy (non-hydrogen) atoms. The molecule has 1 saturated heterocycles. The summed E-state index contributed by atoms with van der Waals surface area (Å²) in [4.78, 5) is 6.11. The van der Waals surface area contributed by atoms with E-state index >= 15 is 0 Å². The molecule has 0 bridgehead atoms. The topological polar surface area (TPSA) is 40.7 Å². The van der Waals surface area contributed by atoms with Crippen LogP contribution in [0.1, 0.15) is 24.4 Å². The molecule has 2 rings (SSSR count). The lowest BCUT2D eigenvalue weighted by Crippen LogP contribution is -2.31. The molecule has 1 aromatic heterocycles. The Morgan fingerprint density at radius 2 is 2.25 bits per heavy atom. The highest BCUT2D eigenvalue weighted by molar-refractivity contribution is 5.05. The van der Waals surface area contributed by atoms with E-state index in [1.165, 1.54) is 0 Å². The number of rotatable bonds is 2. The molecule has 0 aliphatic carbocycles. The maximum Gasteiger partial charge on any atom is 0.432 e. The number of nitrogens with one attached hydrogen (secondary N) is 2. The van der Waals surface area contributed by atoms with Gasteiger partial charge in [0.25, 0.3) is 0 Å². The monoisotopic (exact) mass is 233 g/mol. The Morgan fingerprint density at radius 3 is 2.81 bits per heavy atom. The number of aromatic nitrogens is 2. The first-order chi connectivity index (χ1) is 7.55. The maximum atomic E-state index is 12.3. The van der Waals surface area contributed by atoms with E-state index in [-0.39, 0.29) is 0 Å². The molecule has 0 radical (unpaired) electrons. The third kappa shape index (κ3) is 2.75. The van der Waals surface area contributed by atoms with Crippen LogP contribution in [0.15, 0.2) is 6.20 Å². The minimum Gasteiger partial charge on any atom is -0.338 e. The van der Waals surface area contributed by atoms with E-state index in [9.17, 15) is 13.2 Å². The number of nitrogens with zero attached hydrogens (tertiary/aromatic N) is 1. The Kier molecular flexibility index (Phi) is 3.18. The van der Waals surface area contributed by atoms with E-state index in [0.29, 0.717) is 18.2 Å². The number of imidazole rings is 1. The molecule has 90 valence electrons. The van der Waals surface area contributed by atoms with Crippen LogP contribution in [0.25, 0.3) is 0 Å². The van der Waals surface area contributed by atoms with Gasteiger partial charge in [0, 0.05) is 6.42 Å². The largest absolute Gasteiger partial charge is 0.432 e. The van der Waals surface area contributed by atoms with Crippen molar-refractivity contribution < 1.29 is 13.2 Å². The second kappa shape index (κ2) is 4.45. The third-order valence-corrected chi connectivity index (χ3v) is 2.81. The summed E-state index contributed by atoms with van der Waals surface area (Å²) in [6, 6.07) is 0. The second-order valence-electron chi connectivity index (χ2n) is 4.16. The summed E-state index contributed by atoms with van der Waals surface area (Å²) >= 11 is 0. The van der Waals surface area contributed by atoms with E-state index in [4.69, 9.17) is 0 Å². The van der Waals surface area contributed by atoms with Crippen LogP contribution in [0, 0.1) is 5.92 Å². The first kappa shape index (κ1) is 11.4. The van der Waals surface area contributed by atoms with Gasteiger partial charge in [-0.1, -0.05) is 0 Å². The SMILES string of the molecule is FC(F)(F)c1cnc(CC2CCCNC2)[nH]1. The summed E-state index contributed by atoms with van der Waals surface area (Å²) in [5, 5.41) is 3.23. The molecule has 1 fully saturated rings. The molecule has 2 heterocycles. The summed E-state index contributed by atoms with van der Waals surface area (Å²) in [6.07, 6.45) is -0.739. The van der Waals surface area contributed by atoms with Crippen molar-refractivity contribution in [3.05, 3.63) is 17.7 Å². The number of aromatic amines is 1. The molecule has 1 aliphatic heterocycles. The summed E-state index contributed by atoms with van der Waals surface area (Å²) in [5.74, 6) is 0.821. The zero-order valence-corrected chi connectivity index (χ0v) is 8.77. The van der Waals surface area contributed by atoms with Crippen molar-refractivity contribution in [2.24, 2.45) is 5.92 Å². The lowest BCUT2D eigenvalue weighted by molar-refractivity contribution is -0.140. The van der Waals surface area contributed by atoms with Gasteiger partial charge in [0.2, 0.25) is 0 Å². The highest BCUT2D eigenvalue weighted by atomic mass is 19.4. The molecule has 0 spiro atoms. The van der Waals surface area contributed by atoms with Crippen LogP contribution < -0.4 is 5.32 Å². The fourth-order valence-corrected chi connectivity index (χ4v) is 1.98. The Morgan fingerprint density at radius 1 is 1.44 bits per heavy atom. The lowest BCUT2D eigenvalue weighted by atomic mass is 9.96. The minimum atomic E-state index is -4.32. The van der Waals surface area contributed by atoms with Crippen LogP contribution in [-0.4, -0.2) is 23.1 Å². The van der Waals surface area contributed by atoms with E-state index in [1.807, 2.05) is 0 Å². The van der Waals surface area contributed by atoms with Gasteiger partial charge < -0.3 is 10.3 Å². The summed E-state index contributed by atoms with van der Waals surface area (Å²) < 4.78 is 36.9. The predicted molar refractivity (Wildman–Crippen MR) is 52.9 cm³/mol. The number of piperidine rings is 1. The fourth-order valence-electron chi connectivity index (χ4n) is 1.98. The van der Waals surface area contributed by atoms with Crippen LogP contribution in [0.5, 0.6) is 0 Å². The van der Waals surface area contributed by atoms with Crippen LogP contribution in [0.2, 0.25) is 0 Å². The highest BCUT2D eigenvalue weighted by Gasteiger charge is 2.33. The fraction of sp³-hybridized carbons (Fsp3) is 0.700. The second-order valence-corrected chi connectivity index (χ2v) is 4.16. The van der Waals surface area contributed by atoms with Crippen LogP contribution >= 0.6 is 0 Å². The number of hydrogen-bond acceptors (Lipinski definition) is 2. The van der Waals surface area contributed by atoms with Crippen LogP contribution in [0.4, 0.5) is 13.2 Å². The Balaban J connectivity index is 1.97. The van der Waals surface area contributed by atoms with E-state index in [2.05, 4.69) is 15.3 Å². The highest BCUT2D eigenvalue weighted by Crippen LogP contribution is 2.27. The molecule has 2 N–H and O–H groups in total. The van der Waals surface area contributed by atoms with E-state index < -0.39 is 11.9 Å². The minimum absolute atomic E-state index is 0.390. The van der Waals surface area contributed by atoms with Crippen molar-refractivity contribution >= 4 is 0 Å². The molecule has 0 aromatic carbocycles. The van der Waals surface area contributed by atoms with Crippen LogP contribution in [0.3, 0.4) is 0 Å². The van der Waals surface area contributed by atoms with Crippen molar-refractivity contribution in [1.82, 2.24) is 15.3 Å². The standard InChI is InChI=1S/C10H14F3N3/c11-10(12,13)8-6-15-9(16-8)4-7-2-1-3-14-5-7/h6-7,14H,1-5H2,(H,15,16). The van der Waals surface area contributed by atoms with Gasteiger partial charge in [-0.3, -0.25) is 0 Å². The number of hydrogen-bond donors (Lipinski definition) is 2. The predicted octanol–water partition coefficient (Wildman–Crippen LogP) is 1.97. The summed E-state index contributed by atoms with van der Waals surface area (Å²) in [6.45, 7) is 1.87. The maximum absolute atomic E-state index is 12.3. The van der Waals surface area contributed by atoms with Crippen molar-refractivity contribution in [2.75, 3.05) is 13.1 Å². The van der Waals surface area contributed by atoms with Crippen LogP contribution in [-0.2, 0) is 12.6 Å². The number of alkyl halides is 3. The Bertz CT molecular complexity index is 339. The number of halogens is 3. The molecule has 1 aliphatic rings. The zero-order chi connectivity index (χ0) is 11.6. The van der Waals surface area contributed by atoms with Gasteiger partial charge in [0.1, 0.15) is 11.5 Å². The molecule has 0 saturated carbocycles. The molecule has 1 unspecified atom stereocenters. The third-order valence-electron chi connectivity index (χ3n) is 2.81. The summed E-state index contributed by atoms with van der Waals surface area (Å²) in [5.41, 5.74) is -0.758. The van der Waals surface area contributed by atoms with Gasteiger partial charge in [-0.15, -0.1) is 0 Å². The summed E-state index contributed by atoms with van der Waals surface area (Å²) in [7, 11) is 0. The van der Waals surface area contributed by atoms with Gasteiger partial charge in [-0.2, -0.15) is 13.2 Å². The Labute approximate surface area is 91.5 Å². The van der Waals surface area contributed by atoms with E-state index in [0.717, 1.165) is 32.1 Å². The van der Waals surface area contributed by atoms with Gasteiger partial charge >= 0.3 is 6.18 Å². The van der Waals surface area contributed by atoms with Crippen molar-refractivity contribution in [3.8, 4) is 0 Å². The van der Waals surface area contributed by atoms with Crippen molar-refractivity contribution in [1.29, 1.82) is 0 Å². The average Bonchev–Trinajstić information content (AvgIpc) is 2.67. The molecular formula is C10H14F3N3. The van der Waals surface area contributed by atoms with Crippen molar-refractivity contribution in [3.63, 3.8) is 0 Å². The first-order valence-corrected chi connectivity index (χ1v) is 5.37. The Hall–Kier alpha value is -1.04. The first-order valence-electron chi connectivity index (χ1n) is 5.37. The molecule has 6 heteroatoms. The quantitative estimate of drug-likeness (QED) is 0.820. The van der Waals surface area contributed by atoms with Gasteiger partial charge in [-0.05, 0) is 31.8 Å². The molecule has 3 nitrogen and oxygen atoms in total. The van der Waals surface area contributed by atoms with E-state index in [1.54, 1.807) is 0 Å². The normalized spacial score (nSPS) is 22.3. The number of H-pyrrole nitrogens is 1. The van der Waals surface area contributed by atoms with Gasteiger partial charge in [0.05, 0.1) is 6.20 Å². The molecule has 1 aromatic rings. The molecular weight excluding hydrogens is 219 g/mol.